The van der Waals surface area contributed by atoms with Crippen LogP contribution in [0.2, 0.25) is 0 Å². The van der Waals surface area contributed by atoms with Crippen LogP contribution in [-0.2, 0) is 15.9 Å². The number of aromatic nitrogens is 3. The lowest BCUT2D eigenvalue weighted by Crippen LogP contribution is -2.44. The Morgan fingerprint density at radius 2 is 2.07 bits per heavy atom. The van der Waals surface area contributed by atoms with Gasteiger partial charge in [0.25, 0.3) is 5.91 Å². The first-order chi connectivity index (χ1) is 13.8. The average Bonchev–Trinajstić information content (AvgIpc) is 3.49. The third kappa shape index (κ3) is 3.60. The van der Waals surface area contributed by atoms with Gasteiger partial charge < -0.3 is 14.8 Å². The number of hydrogen-bond acceptors (Lipinski definition) is 6. The fraction of sp³-hybridized carbons (Fsp3) is 0.650. The summed E-state index contributed by atoms with van der Waals surface area (Å²) >= 11 is 1.52. The molecular formula is C20H26N4O3S. The molecule has 5 rings (SSSR count). The highest BCUT2D eigenvalue weighted by molar-refractivity contribution is 7.08. The zero-order chi connectivity index (χ0) is 18.9. The molecule has 0 bridgehead atoms. The monoisotopic (exact) mass is 402 g/mol. The van der Waals surface area contributed by atoms with Crippen molar-refractivity contribution in [2.75, 3.05) is 13.2 Å². The van der Waals surface area contributed by atoms with Gasteiger partial charge in [0.15, 0.2) is 0 Å². The fourth-order valence-corrected chi connectivity index (χ4v) is 5.37. The first-order valence-corrected chi connectivity index (χ1v) is 11.2. The van der Waals surface area contributed by atoms with Crippen LogP contribution in [0.4, 0.5) is 0 Å². The van der Waals surface area contributed by atoms with Gasteiger partial charge in [-0.1, -0.05) is 37.3 Å². The van der Waals surface area contributed by atoms with Gasteiger partial charge >= 0.3 is 0 Å². The normalized spacial score (nSPS) is 30.4. The van der Waals surface area contributed by atoms with E-state index in [4.69, 9.17) is 9.47 Å². The number of ether oxygens (including phenoxy) is 2. The van der Waals surface area contributed by atoms with Crippen molar-refractivity contribution in [1.29, 1.82) is 0 Å². The maximum atomic E-state index is 12.4. The van der Waals surface area contributed by atoms with E-state index >= 15 is 0 Å². The maximum Gasteiger partial charge on any atom is 0.252 e. The van der Waals surface area contributed by atoms with Crippen LogP contribution in [-0.4, -0.2) is 52.4 Å². The van der Waals surface area contributed by atoms with Crippen LogP contribution >= 0.6 is 11.3 Å². The van der Waals surface area contributed by atoms with E-state index in [0.29, 0.717) is 18.8 Å². The summed E-state index contributed by atoms with van der Waals surface area (Å²) in [5.41, 5.74) is 1.75. The van der Waals surface area contributed by atoms with Gasteiger partial charge in [0.1, 0.15) is 18.2 Å². The summed E-state index contributed by atoms with van der Waals surface area (Å²) in [4.78, 5) is 12.4. The maximum absolute atomic E-state index is 12.4. The molecule has 0 aromatic carbocycles. The Labute approximate surface area is 168 Å². The van der Waals surface area contributed by atoms with Crippen LogP contribution in [0.1, 0.15) is 54.2 Å². The summed E-state index contributed by atoms with van der Waals surface area (Å²) in [6.07, 6.45) is 9.49. The Hall–Kier alpha value is -1.77. The quantitative estimate of drug-likeness (QED) is 0.832. The molecule has 150 valence electrons. The van der Waals surface area contributed by atoms with Crippen molar-refractivity contribution in [2.45, 2.75) is 62.8 Å². The summed E-state index contributed by atoms with van der Waals surface area (Å²) in [5, 5.41) is 15.6. The molecular weight excluding hydrogens is 376 g/mol. The number of carbonyl (C=O) groups excluding carboxylic acids is 1. The van der Waals surface area contributed by atoms with Gasteiger partial charge in [-0.05, 0) is 23.8 Å². The van der Waals surface area contributed by atoms with Crippen LogP contribution in [0.5, 0.6) is 0 Å². The summed E-state index contributed by atoms with van der Waals surface area (Å²) in [5.74, 6) is 0.670. The van der Waals surface area contributed by atoms with Crippen molar-refractivity contribution in [1.82, 2.24) is 20.3 Å². The Balaban J connectivity index is 1.21. The van der Waals surface area contributed by atoms with E-state index in [9.17, 15) is 4.79 Å². The molecule has 28 heavy (non-hydrogen) atoms. The highest BCUT2D eigenvalue weighted by Gasteiger charge is 2.49. The van der Waals surface area contributed by atoms with Gasteiger partial charge in [0.2, 0.25) is 0 Å². The summed E-state index contributed by atoms with van der Waals surface area (Å²) in [7, 11) is 0. The molecule has 0 unspecified atom stereocenters. The number of rotatable bonds is 5. The molecule has 2 saturated heterocycles. The number of thiophene rings is 1. The predicted molar refractivity (Wildman–Crippen MR) is 104 cm³/mol. The van der Waals surface area contributed by atoms with Gasteiger partial charge in [0.05, 0.1) is 24.9 Å². The van der Waals surface area contributed by atoms with Crippen LogP contribution < -0.4 is 5.32 Å². The molecule has 0 spiro atoms. The number of amides is 1. The highest BCUT2D eigenvalue weighted by atomic mass is 32.1. The van der Waals surface area contributed by atoms with Crippen molar-refractivity contribution >= 4 is 17.2 Å². The van der Waals surface area contributed by atoms with Crippen molar-refractivity contribution < 1.29 is 14.3 Å². The van der Waals surface area contributed by atoms with E-state index in [1.165, 1.54) is 43.4 Å². The SMILES string of the molecule is O=C(N[C@H]1CO[C@H]2[C@@H]1OC[C@@H]2n1cc(CC2CCCCC2)nn1)c1ccsc1. The molecule has 4 heterocycles. The number of carbonyl (C=O) groups is 1. The molecule has 2 aliphatic heterocycles. The second kappa shape index (κ2) is 7.93. The fourth-order valence-electron chi connectivity index (χ4n) is 4.73. The molecule has 8 heteroatoms. The van der Waals surface area contributed by atoms with E-state index in [-0.39, 0.29) is 30.2 Å². The van der Waals surface area contributed by atoms with Crippen molar-refractivity contribution in [3.05, 3.63) is 34.3 Å². The van der Waals surface area contributed by atoms with Gasteiger partial charge in [-0.15, -0.1) is 5.10 Å². The molecule has 4 atom stereocenters. The van der Waals surface area contributed by atoms with Crippen LogP contribution in [0.25, 0.3) is 0 Å². The van der Waals surface area contributed by atoms with E-state index < -0.39 is 0 Å². The highest BCUT2D eigenvalue weighted by Crippen LogP contribution is 2.34. The standard InChI is InChI=1S/C20H26N4O3S/c25-20(14-6-7-28-12-14)21-16-10-26-19-17(11-27-18(16)19)24-9-15(22-23-24)8-13-4-2-1-3-5-13/h6-7,9,12-13,16-19H,1-5,8,10-11H2,(H,21,25)/t16-,17-,18+,19+/m0/s1. The van der Waals surface area contributed by atoms with E-state index in [1.54, 1.807) is 0 Å². The van der Waals surface area contributed by atoms with Gasteiger partial charge in [-0.2, -0.15) is 11.3 Å². The van der Waals surface area contributed by atoms with Crippen LogP contribution in [0.15, 0.2) is 23.0 Å². The minimum Gasteiger partial charge on any atom is -0.371 e. The Kier molecular flexibility index (Phi) is 5.17. The zero-order valence-corrected chi connectivity index (χ0v) is 16.6. The number of nitrogens with zero attached hydrogens (tertiary/aromatic N) is 3. The minimum atomic E-state index is -0.140. The number of nitrogens with one attached hydrogen (secondary N) is 1. The molecule has 0 radical (unpaired) electrons. The molecule has 1 amide bonds. The van der Waals surface area contributed by atoms with E-state index in [2.05, 4.69) is 21.8 Å². The molecule has 1 saturated carbocycles. The van der Waals surface area contributed by atoms with Gasteiger partial charge in [0, 0.05) is 17.1 Å². The smallest absolute Gasteiger partial charge is 0.252 e. The number of fused-ring (bicyclic) bond motifs is 1. The van der Waals surface area contributed by atoms with Gasteiger partial charge in [-0.25, -0.2) is 4.68 Å². The van der Waals surface area contributed by atoms with E-state index in [1.807, 2.05) is 21.5 Å². The topological polar surface area (TPSA) is 78.3 Å². The summed E-state index contributed by atoms with van der Waals surface area (Å²) in [6.45, 7) is 0.998. The predicted octanol–water partition coefficient (Wildman–Crippen LogP) is 2.60. The van der Waals surface area contributed by atoms with E-state index in [0.717, 1.165) is 18.0 Å². The zero-order valence-electron chi connectivity index (χ0n) is 15.8. The first kappa shape index (κ1) is 18.3. The average molecular weight is 403 g/mol. The molecule has 1 aliphatic carbocycles. The third-order valence-corrected chi connectivity index (χ3v) is 6.93. The lowest BCUT2D eigenvalue weighted by Gasteiger charge is -2.20. The molecule has 3 aliphatic rings. The summed E-state index contributed by atoms with van der Waals surface area (Å²) < 4.78 is 13.9. The second-order valence-electron chi connectivity index (χ2n) is 8.15. The molecule has 1 N–H and O–H groups in total. The molecule has 7 nitrogen and oxygen atoms in total. The second-order valence-corrected chi connectivity index (χ2v) is 8.93. The van der Waals surface area contributed by atoms with Crippen molar-refractivity contribution in [2.24, 2.45) is 5.92 Å². The van der Waals surface area contributed by atoms with Crippen LogP contribution in [0.3, 0.4) is 0 Å². The Morgan fingerprint density at radius 1 is 1.21 bits per heavy atom. The van der Waals surface area contributed by atoms with Crippen molar-refractivity contribution in [3.63, 3.8) is 0 Å². The minimum absolute atomic E-state index is 0.0145. The van der Waals surface area contributed by atoms with Crippen molar-refractivity contribution in [3.8, 4) is 0 Å². The lowest BCUT2D eigenvalue weighted by molar-refractivity contribution is 0.0613. The number of hydrogen-bond donors (Lipinski definition) is 1. The molecule has 3 fully saturated rings. The Morgan fingerprint density at radius 3 is 2.89 bits per heavy atom. The van der Waals surface area contributed by atoms with Crippen LogP contribution in [0, 0.1) is 5.92 Å². The first-order valence-electron chi connectivity index (χ1n) is 10.2. The molecule has 2 aromatic heterocycles. The summed E-state index contributed by atoms with van der Waals surface area (Å²) in [6, 6.07) is 1.71. The largest absolute Gasteiger partial charge is 0.371 e. The van der Waals surface area contributed by atoms with Gasteiger partial charge in [-0.3, -0.25) is 4.79 Å². The Bertz CT molecular complexity index is 802. The lowest BCUT2D eigenvalue weighted by atomic mass is 9.86. The molecule has 2 aromatic rings. The third-order valence-electron chi connectivity index (χ3n) is 6.25.